The van der Waals surface area contributed by atoms with Gasteiger partial charge in [0.2, 0.25) is 0 Å². The molecule has 8 heteroatoms. The van der Waals surface area contributed by atoms with Gasteiger partial charge in [-0.3, -0.25) is 14.4 Å². The monoisotopic (exact) mass is 359 g/mol. The summed E-state index contributed by atoms with van der Waals surface area (Å²) in [6.07, 6.45) is 0. The van der Waals surface area contributed by atoms with E-state index >= 15 is 0 Å². The number of nitrogens with two attached hydrogens (primary N) is 1. The molecule has 3 N–H and O–H groups in total. The highest BCUT2D eigenvalue weighted by Crippen LogP contribution is 2.35. The molecule has 1 aliphatic heterocycles. The molecule has 0 spiro atoms. The van der Waals surface area contributed by atoms with Crippen LogP contribution in [0.25, 0.3) is 0 Å². The molecule has 0 saturated heterocycles. The molecule has 0 fully saturated rings. The molecular weight excluding hydrogens is 342 g/mol. The second-order valence-electron chi connectivity index (χ2n) is 5.87. The summed E-state index contributed by atoms with van der Waals surface area (Å²) in [6, 6.07) is 4.80. The van der Waals surface area contributed by atoms with Crippen LogP contribution in [0.3, 0.4) is 0 Å². The smallest absolute Gasteiger partial charge is 0.263 e. The van der Waals surface area contributed by atoms with E-state index in [9.17, 15) is 14.4 Å². The normalized spacial score (nSPS) is 12.8. The quantitative estimate of drug-likeness (QED) is 0.815. The van der Waals surface area contributed by atoms with Gasteiger partial charge in [0, 0.05) is 19.7 Å². The van der Waals surface area contributed by atoms with Crippen LogP contribution in [0.4, 0.5) is 10.7 Å². The van der Waals surface area contributed by atoms with E-state index in [0.29, 0.717) is 38.0 Å². The molecule has 0 atom stereocenters. The van der Waals surface area contributed by atoms with Gasteiger partial charge in [-0.2, -0.15) is 0 Å². The van der Waals surface area contributed by atoms with Crippen molar-refractivity contribution >= 4 is 39.6 Å². The molecule has 130 valence electrons. The average molecular weight is 359 g/mol. The van der Waals surface area contributed by atoms with E-state index in [1.165, 1.54) is 4.90 Å². The minimum absolute atomic E-state index is 0.0487. The lowest BCUT2D eigenvalue weighted by molar-refractivity contribution is -0.118. The van der Waals surface area contributed by atoms with Gasteiger partial charge in [0.1, 0.15) is 5.75 Å². The molecule has 0 aliphatic carbocycles. The number of anilines is 2. The summed E-state index contributed by atoms with van der Waals surface area (Å²) in [5.74, 6) is -0.261. The highest BCUT2D eigenvalue weighted by molar-refractivity contribution is 7.18. The Morgan fingerprint density at radius 3 is 2.72 bits per heavy atom. The highest BCUT2D eigenvalue weighted by Gasteiger charge is 2.26. The fourth-order valence-corrected chi connectivity index (χ4v) is 3.69. The summed E-state index contributed by atoms with van der Waals surface area (Å²) in [4.78, 5) is 38.5. The number of nitrogen functional groups attached to an aromatic ring is 1. The van der Waals surface area contributed by atoms with Crippen molar-refractivity contribution in [1.82, 2.24) is 4.90 Å². The Hall–Kier alpha value is -2.87. The Balaban J connectivity index is 2.01. The van der Waals surface area contributed by atoms with Crippen molar-refractivity contribution in [2.24, 2.45) is 0 Å². The number of ketones is 1. The molecule has 2 heterocycles. The minimum atomic E-state index is -0.299. The van der Waals surface area contributed by atoms with Crippen molar-refractivity contribution < 1.29 is 19.1 Å². The van der Waals surface area contributed by atoms with Crippen LogP contribution in [-0.4, -0.2) is 43.2 Å². The van der Waals surface area contributed by atoms with E-state index in [0.717, 1.165) is 11.3 Å². The van der Waals surface area contributed by atoms with Gasteiger partial charge in [-0.15, -0.1) is 11.3 Å². The van der Waals surface area contributed by atoms with Crippen LogP contribution in [-0.2, 0) is 4.79 Å². The summed E-state index contributed by atoms with van der Waals surface area (Å²) in [7, 11) is 3.29. The second kappa shape index (κ2) is 6.21. The number of ether oxygens (including phenoxy) is 1. The Labute approximate surface area is 148 Å². The lowest BCUT2D eigenvalue weighted by atomic mass is 10.00. The molecular formula is C17H17N3O4S. The van der Waals surface area contributed by atoms with Gasteiger partial charge in [-0.25, -0.2) is 0 Å². The zero-order chi connectivity index (χ0) is 18.3. The van der Waals surface area contributed by atoms with E-state index in [1.807, 2.05) is 0 Å². The standard InChI is InChI=1S/C17H17N3O4S/c1-8-13(16(18)25-15(8)17(23)20(2)3)14(22)9-4-5-11-10(6-9)19-12(21)7-24-11/h4-6H,7,18H2,1-3H3,(H,19,21). The molecule has 0 saturated carbocycles. The predicted molar refractivity (Wildman–Crippen MR) is 95.5 cm³/mol. The van der Waals surface area contributed by atoms with Crippen LogP contribution in [0.15, 0.2) is 18.2 Å². The first kappa shape index (κ1) is 17.0. The van der Waals surface area contributed by atoms with Crippen LogP contribution in [0.2, 0.25) is 0 Å². The molecule has 25 heavy (non-hydrogen) atoms. The third-order valence-electron chi connectivity index (χ3n) is 3.88. The van der Waals surface area contributed by atoms with Gasteiger partial charge in [0.25, 0.3) is 11.8 Å². The summed E-state index contributed by atoms with van der Waals surface area (Å²) < 4.78 is 5.29. The van der Waals surface area contributed by atoms with Gasteiger partial charge in [0.15, 0.2) is 12.4 Å². The lowest BCUT2D eigenvalue weighted by Crippen LogP contribution is -2.25. The number of carbonyl (C=O) groups is 3. The van der Waals surface area contributed by atoms with Crippen molar-refractivity contribution in [3.63, 3.8) is 0 Å². The molecule has 2 aromatic rings. The maximum Gasteiger partial charge on any atom is 0.263 e. The largest absolute Gasteiger partial charge is 0.482 e. The third-order valence-corrected chi connectivity index (χ3v) is 4.99. The molecule has 1 aliphatic rings. The molecule has 3 rings (SSSR count). The van der Waals surface area contributed by atoms with Gasteiger partial charge in [-0.1, -0.05) is 0 Å². The van der Waals surface area contributed by atoms with Gasteiger partial charge < -0.3 is 20.7 Å². The molecule has 0 unspecified atom stereocenters. The summed E-state index contributed by atoms with van der Waals surface area (Å²) in [5, 5.41) is 2.97. The number of thiophene rings is 1. The number of amides is 2. The number of nitrogens with zero attached hydrogens (tertiary/aromatic N) is 1. The molecule has 0 bridgehead atoms. The van der Waals surface area contributed by atoms with Crippen LogP contribution in [0.5, 0.6) is 5.75 Å². The van der Waals surface area contributed by atoms with E-state index in [4.69, 9.17) is 10.5 Å². The van der Waals surface area contributed by atoms with Crippen LogP contribution in [0, 0.1) is 6.92 Å². The van der Waals surface area contributed by atoms with Crippen molar-refractivity contribution in [1.29, 1.82) is 0 Å². The van der Waals surface area contributed by atoms with Gasteiger partial charge >= 0.3 is 0 Å². The zero-order valence-corrected chi connectivity index (χ0v) is 14.8. The highest BCUT2D eigenvalue weighted by atomic mass is 32.1. The molecule has 0 radical (unpaired) electrons. The summed E-state index contributed by atoms with van der Waals surface area (Å²) in [6.45, 7) is 1.66. The van der Waals surface area contributed by atoms with Crippen molar-refractivity contribution in [2.45, 2.75) is 6.92 Å². The molecule has 7 nitrogen and oxygen atoms in total. The van der Waals surface area contributed by atoms with E-state index in [-0.39, 0.29) is 24.2 Å². The number of fused-ring (bicyclic) bond motifs is 1. The number of hydrogen-bond donors (Lipinski definition) is 2. The predicted octanol–water partition coefficient (Wildman–Crippen LogP) is 1.90. The number of nitrogens with one attached hydrogen (secondary N) is 1. The maximum absolute atomic E-state index is 12.9. The number of rotatable bonds is 3. The number of carbonyl (C=O) groups excluding carboxylic acids is 3. The first-order valence-electron chi connectivity index (χ1n) is 7.51. The Bertz CT molecular complexity index is 902. The van der Waals surface area contributed by atoms with E-state index in [1.54, 1.807) is 39.2 Å². The van der Waals surface area contributed by atoms with Crippen LogP contribution < -0.4 is 15.8 Å². The average Bonchev–Trinajstić information content (AvgIpc) is 2.87. The van der Waals surface area contributed by atoms with Crippen LogP contribution >= 0.6 is 11.3 Å². The van der Waals surface area contributed by atoms with Crippen molar-refractivity contribution in [2.75, 3.05) is 31.8 Å². The van der Waals surface area contributed by atoms with Crippen molar-refractivity contribution in [3.05, 3.63) is 39.8 Å². The summed E-state index contributed by atoms with van der Waals surface area (Å²) in [5.41, 5.74) is 7.69. The Morgan fingerprint density at radius 2 is 2.04 bits per heavy atom. The summed E-state index contributed by atoms with van der Waals surface area (Å²) >= 11 is 1.10. The molecule has 1 aromatic heterocycles. The fourth-order valence-electron chi connectivity index (χ4n) is 2.59. The zero-order valence-electron chi connectivity index (χ0n) is 14.0. The van der Waals surface area contributed by atoms with E-state index < -0.39 is 0 Å². The van der Waals surface area contributed by atoms with Gasteiger partial charge in [-0.05, 0) is 30.7 Å². The third kappa shape index (κ3) is 2.96. The number of hydrogen-bond acceptors (Lipinski definition) is 6. The van der Waals surface area contributed by atoms with E-state index in [2.05, 4.69) is 5.32 Å². The Morgan fingerprint density at radius 1 is 1.32 bits per heavy atom. The fraction of sp³-hybridized carbons (Fsp3) is 0.235. The van der Waals surface area contributed by atoms with Gasteiger partial charge in [0.05, 0.1) is 21.1 Å². The SMILES string of the molecule is Cc1c(C(=O)N(C)C)sc(N)c1C(=O)c1ccc2c(c1)NC(=O)CO2. The second-order valence-corrected chi connectivity index (χ2v) is 6.92. The Kier molecular flexibility index (Phi) is 4.22. The first-order valence-corrected chi connectivity index (χ1v) is 8.33. The molecule has 2 amide bonds. The molecule has 1 aromatic carbocycles. The topological polar surface area (TPSA) is 102 Å². The minimum Gasteiger partial charge on any atom is -0.482 e. The lowest BCUT2D eigenvalue weighted by Gasteiger charge is -2.18. The maximum atomic E-state index is 12.9. The van der Waals surface area contributed by atoms with Crippen LogP contribution in [0.1, 0.15) is 31.2 Å². The van der Waals surface area contributed by atoms with Crippen molar-refractivity contribution in [3.8, 4) is 5.75 Å². The first-order chi connectivity index (χ1) is 11.8. The number of benzene rings is 1.